The lowest BCUT2D eigenvalue weighted by molar-refractivity contribution is 0.0859. The van der Waals surface area contributed by atoms with E-state index in [0.29, 0.717) is 18.0 Å². The maximum atomic E-state index is 12.8. The second-order valence-corrected chi connectivity index (χ2v) is 6.60. The molecule has 1 aromatic carbocycles. The SMILES string of the molecule is COc1ccc2nc(C3CC3)cc(C(=O)NC[C@@H]3CCCO3)c2c1. The summed E-state index contributed by atoms with van der Waals surface area (Å²) in [5, 5.41) is 3.86. The molecule has 0 unspecified atom stereocenters. The standard InChI is InChI=1S/C19H22N2O3/c1-23-13-6-7-17-15(9-13)16(10-18(21-17)12-4-5-12)19(22)20-11-14-3-2-8-24-14/h6-7,9-10,12,14H,2-5,8,11H2,1H3,(H,20,22)/t14-/m0/s1. The van der Waals surface area contributed by atoms with E-state index < -0.39 is 0 Å². The number of ether oxygens (including phenoxy) is 2. The highest BCUT2D eigenvalue weighted by Crippen LogP contribution is 2.40. The molecule has 2 aliphatic rings. The number of hydrogen-bond acceptors (Lipinski definition) is 4. The van der Waals surface area contributed by atoms with E-state index in [1.54, 1.807) is 7.11 Å². The molecule has 1 N–H and O–H groups in total. The molecule has 1 saturated heterocycles. The van der Waals surface area contributed by atoms with Crippen molar-refractivity contribution in [3.8, 4) is 5.75 Å². The lowest BCUT2D eigenvalue weighted by Crippen LogP contribution is -2.32. The molecular formula is C19H22N2O3. The van der Waals surface area contributed by atoms with Gasteiger partial charge in [0.1, 0.15) is 5.75 Å². The summed E-state index contributed by atoms with van der Waals surface area (Å²) < 4.78 is 10.9. The summed E-state index contributed by atoms with van der Waals surface area (Å²) in [5.41, 5.74) is 2.55. The van der Waals surface area contributed by atoms with E-state index in [9.17, 15) is 4.79 Å². The number of amides is 1. The van der Waals surface area contributed by atoms with Crippen LogP contribution in [0.1, 0.15) is 47.7 Å². The number of benzene rings is 1. The fourth-order valence-corrected chi connectivity index (χ4v) is 3.24. The average molecular weight is 326 g/mol. The highest BCUT2D eigenvalue weighted by Gasteiger charge is 2.27. The Morgan fingerprint density at radius 1 is 1.33 bits per heavy atom. The van der Waals surface area contributed by atoms with E-state index in [0.717, 1.165) is 54.6 Å². The highest BCUT2D eigenvalue weighted by molar-refractivity contribution is 6.06. The molecule has 2 heterocycles. The molecule has 2 fully saturated rings. The Hall–Kier alpha value is -2.14. The number of aromatic nitrogens is 1. The largest absolute Gasteiger partial charge is 0.497 e. The second kappa shape index (κ2) is 6.40. The lowest BCUT2D eigenvalue weighted by atomic mass is 10.0. The van der Waals surface area contributed by atoms with Gasteiger partial charge in [0.25, 0.3) is 5.91 Å². The quantitative estimate of drug-likeness (QED) is 0.917. The lowest BCUT2D eigenvalue weighted by Gasteiger charge is -2.13. The van der Waals surface area contributed by atoms with Gasteiger partial charge in [0.2, 0.25) is 0 Å². The molecule has 1 atom stereocenters. The monoisotopic (exact) mass is 326 g/mol. The third kappa shape index (κ3) is 3.08. The predicted octanol–water partition coefficient (Wildman–Crippen LogP) is 3.03. The minimum atomic E-state index is -0.0620. The first-order valence-corrected chi connectivity index (χ1v) is 8.63. The molecule has 0 spiro atoms. The van der Waals surface area contributed by atoms with Crippen molar-refractivity contribution < 1.29 is 14.3 Å². The molecule has 126 valence electrons. The molecule has 5 heteroatoms. The van der Waals surface area contributed by atoms with Gasteiger partial charge >= 0.3 is 0 Å². The molecule has 1 amide bonds. The number of hydrogen-bond donors (Lipinski definition) is 1. The van der Waals surface area contributed by atoms with E-state index in [-0.39, 0.29) is 12.0 Å². The van der Waals surface area contributed by atoms with E-state index in [4.69, 9.17) is 14.5 Å². The van der Waals surface area contributed by atoms with Gasteiger partial charge in [0.05, 0.1) is 24.3 Å². The Labute approximate surface area is 141 Å². The van der Waals surface area contributed by atoms with Crippen LogP contribution in [0.4, 0.5) is 0 Å². The molecule has 4 rings (SSSR count). The molecular weight excluding hydrogens is 304 g/mol. The van der Waals surface area contributed by atoms with Crippen molar-refractivity contribution in [1.82, 2.24) is 10.3 Å². The zero-order valence-electron chi connectivity index (χ0n) is 13.9. The summed E-state index contributed by atoms with van der Waals surface area (Å²) in [6.07, 6.45) is 4.54. The first-order valence-electron chi connectivity index (χ1n) is 8.63. The van der Waals surface area contributed by atoms with Crippen LogP contribution < -0.4 is 10.1 Å². The van der Waals surface area contributed by atoms with Crippen molar-refractivity contribution in [2.24, 2.45) is 0 Å². The third-order valence-corrected chi connectivity index (χ3v) is 4.79. The van der Waals surface area contributed by atoms with Crippen LogP contribution in [-0.4, -0.2) is 37.3 Å². The van der Waals surface area contributed by atoms with Gasteiger partial charge < -0.3 is 14.8 Å². The Balaban J connectivity index is 1.66. The summed E-state index contributed by atoms with van der Waals surface area (Å²) >= 11 is 0. The number of methoxy groups -OCH3 is 1. The van der Waals surface area contributed by atoms with Crippen LogP contribution in [0.2, 0.25) is 0 Å². The fraction of sp³-hybridized carbons (Fsp3) is 0.474. The van der Waals surface area contributed by atoms with E-state index in [1.807, 2.05) is 24.3 Å². The first-order chi connectivity index (χ1) is 11.7. The number of pyridine rings is 1. The first kappa shape index (κ1) is 15.4. The zero-order valence-corrected chi connectivity index (χ0v) is 13.9. The van der Waals surface area contributed by atoms with Crippen LogP contribution in [0.3, 0.4) is 0 Å². The van der Waals surface area contributed by atoms with Gasteiger partial charge in [-0.2, -0.15) is 0 Å². The molecule has 0 radical (unpaired) electrons. The molecule has 1 aliphatic carbocycles. The smallest absolute Gasteiger partial charge is 0.252 e. The van der Waals surface area contributed by atoms with Crippen molar-refractivity contribution in [1.29, 1.82) is 0 Å². The Morgan fingerprint density at radius 3 is 2.92 bits per heavy atom. The fourth-order valence-electron chi connectivity index (χ4n) is 3.24. The van der Waals surface area contributed by atoms with Gasteiger partial charge in [-0.25, -0.2) is 0 Å². The Kier molecular flexibility index (Phi) is 4.10. The minimum Gasteiger partial charge on any atom is -0.497 e. The summed E-state index contributed by atoms with van der Waals surface area (Å²) in [4.78, 5) is 17.5. The number of nitrogens with zero attached hydrogens (tertiary/aromatic N) is 1. The minimum absolute atomic E-state index is 0.0620. The summed E-state index contributed by atoms with van der Waals surface area (Å²) in [5.74, 6) is 1.17. The van der Waals surface area contributed by atoms with Crippen LogP contribution in [0, 0.1) is 0 Å². The molecule has 2 aromatic rings. The number of fused-ring (bicyclic) bond motifs is 1. The van der Waals surface area contributed by atoms with Gasteiger partial charge in [0.15, 0.2) is 0 Å². The van der Waals surface area contributed by atoms with Crippen LogP contribution in [0.5, 0.6) is 5.75 Å². The van der Waals surface area contributed by atoms with Crippen molar-refractivity contribution in [2.45, 2.75) is 37.7 Å². The summed E-state index contributed by atoms with van der Waals surface area (Å²) in [7, 11) is 1.63. The summed E-state index contributed by atoms with van der Waals surface area (Å²) in [6.45, 7) is 1.35. The van der Waals surface area contributed by atoms with Crippen LogP contribution in [0.15, 0.2) is 24.3 Å². The number of carbonyl (C=O) groups is 1. The van der Waals surface area contributed by atoms with Gasteiger partial charge in [-0.05, 0) is 49.9 Å². The van der Waals surface area contributed by atoms with Gasteiger partial charge in [-0.1, -0.05) is 0 Å². The van der Waals surface area contributed by atoms with E-state index in [1.165, 1.54) is 0 Å². The number of carbonyl (C=O) groups excluding carboxylic acids is 1. The van der Waals surface area contributed by atoms with Crippen LogP contribution >= 0.6 is 0 Å². The Morgan fingerprint density at radius 2 is 2.21 bits per heavy atom. The predicted molar refractivity (Wildman–Crippen MR) is 91.6 cm³/mol. The second-order valence-electron chi connectivity index (χ2n) is 6.60. The van der Waals surface area contributed by atoms with Gasteiger partial charge in [-0.15, -0.1) is 0 Å². The molecule has 1 saturated carbocycles. The molecule has 5 nitrogen and oxygen atoms in total. The number of rotatable bonds is 5. The molecule has 0 bridgehead atoms. The van der Waals surface area contributed by atoms with Crippen molar-refractivity contribution in [3.63, 3.8) is 0 Å². The average Bonchev–Trinajstić information content (AvgIpc) is 3.34. The van der Waals surface area contributed by atoms with E-state index in [2.05, 4.69) is 5.32 Å². The normalized spacial score (nSPS) is 20.3. The third-order valence-electron chi connectivity index (χ3n) is 4.79. The maximum absolute atomic E-state index is 12.8. The molecule has 1 aromatic heterocycles. The van der Waals surface area contributed by atoms with Gasteiger partial charge in [-0.3, -0.25) is 9.78 Å². The van der Waals surface area contributed by atoms with Gasteiger partial charge in [0, 0.05) is 30.1 Å². The van der Waals surface area contributed by atoms with Crippen LogP contribution in [0.25, 0.3) is 10.9 Å². The van der Waals surface area contributed by atoms with Crippen molar-refractivity contribution in [2.75, 3.05) is 20.3 Å². The van der Waals surface area contributed by atoms with Crippen molar-refractivity contribution >= 4 is 16.8 Å². The maximum Gasteiger partial charge on any atom is 0.252 e. The van der Waals surface area contributed by atoms with Crippen LogP contribution in [-0.2, 0) is 4.74 Å². The Bertz CT molecular complexity index is 765. The topological polar surface area (TPSA) is 60.5 Å². The molecule has 24 heavy (non-hydrogen) atoms. The van der Waals surface area contributed by atoms with E-state index >= 15 is 0 Å². The molecule has 1 aliphatic heterocycles. The highest BCUT2D eigenvalue weighted by atomic mass is 16.5. The number of nitrogens with one attached hydrogen (secondary N) is 1. The van der Waals surface area contributed by atoms with Crippen molar-refractivity contribution in [3.05, 3.63) is 35.5 Å². The zero-order chi connectivity index (χ0) is 16.5. The summed E-state index contributed by atoms with van der Waals surface area (Å²) in [6, 6.07) is 7.65.